The molecule has 2 nitrogen and oxygen atoms in total. The van der Waals surface area contributed by atoms with Crippen molar-refractivity contribution in [2.75, 3.05) is 13.2 Å². The molecule has 0 spiro atoms. The number of hydrogen-bond acceptors (Lipinski definition) is 2. The average Bonchev–Trinajstić information content (AvgIpc) is 2.86. The van der Waals surface area contributed by atoms with Gasteiger partial charge in [0.25, 0.3) is 0 Å². The summed E-state index contributed by atoms with van der Waals surface area (Å²) in [6, 6.07) is 9.36. The van der Waals surface area contributed by atoms with Crippen LogP contribution in [0.4, 0.5) is 0 Å². The fraction of sp³-hybridized carbons (Fsp3) is 0.625. The zero-order valence-corrected chi connectivity index (χ0v) is 11.6. The molecule has 1 fully saturated rings. The standard InChI is InChI=1S/C16H25NO/c1-3-12-17-16-7-5-6-15(16)13-8-10-14(11-9-13)18-4-2/h8-11,15-17H,3-7,12H2,1-2H3. The maximum Gasteiger partial charge on any atom is 0.119 e. The molecule has 0 amide bonds. The highest BCUT2D eigenvalue weighted by Gasteiger charge is 2.27. The number of hydrogen-bond donors (Lipinski definition) is 1. The van der Waals surface area contributed by atoms with Gasteiger partial charge in [0, 0.05) is 6.04 Å². The van der Waals surface area contributed by atoms with Gasteiger partial charge in [0.1, 0.15) is 5.75 Å². The fourth-order valence-corrected chi connectivity index (χ4v) is 2.91. The van der Waals surface area contributed by atoms with Crippen LogP contribution in [-0.4, -0.2) is 19.2 Å². The summed E-state index contributed by atoms with van der Waals surface area (Å²) in [5.41, 5.74) is 1.46. The molecule has 1 aromatic carbocycles. The van der Waals surface area contributed by atoms with E-state index in [1.807, 2.05) is 6.92 Å². The van der Waals surface area contributed by atoms with Gasteiger partial charge in [-0.3, -0.25) is 0 Å². The third-order valence-corrected chi connectivity index (χ3v) is 3.79. The van der Waals surface area contributed by atoms with Gasteiger partial charge in [-0.15, -0.1) is 0 Å². The Labute approximate surface area is 111 Å². The van der Waals surface area contributed by atoms with Crippen LogP contribution in [0.5, 0.6) is 5.75 Å². The van der Waals surface area contributed by atoms with Gasteiger partial charge in [0.15, 0.2) is 0 Å². The Morgan fingerprint density at radius 1 is 1.17 bits per heavy atom. The van der Waals surface area contributed by atoms with E-state index >= 15 is 0 Å². The van der Waals surface area contributed by atoms with Gasteiger partial charge in [0.2, 0.25) is 0 Å². The van der Waals surface area contributed by atoms with E-state index in [9.17, 15) is 0 Å². The van der Waals surface area contributed by atoms with Crippen LogP contribution < -0.4 is 10.1 Å². The van der Waals surface area contributed by atoms with Crippen molar-refractivity contribution in [2.45, 2.75) is 51.5 Å². The lowest BCUT2D eigenvalue weighted by Crippen LogP contribution is -2.31. The second-order valence-corrected chi connectivity index (χ2v) is 5.10. The minimum Gasteiger partial charge on any atom is -0.494 e. The Balaban J connectivity index is 2.00. The zero-order valence-electron chi connectivity index (χ0n) is 11.6. The lowest BCUT2D eigenvalue weighted by molar-refractivity contribution is 0.340. The van der Waals surface area contributed by atoms with Gasteiger partial charge in [-0.05, 0) is 56.3 Å². The Hall–Kier alpha value is -1.02. The van der Waals surface area contributed by atoms with Crippen molar-refractivity contribution in [3.63, 3.8) is 0 Å². The first-order chi connectivity index (χ1) is 8.85. The molecule has 0 aromatic heterocycles. The van der Waals surface area contributed by atoms with Crippen LogP contribution >= 0.6 is 0 Å². The highest BCUT2D eigenvalue weighted by molar-refractivity contribution is 5.31. The number of ether oxygens (including phenoxy) is 1. The van der Waals surface area contributed by atoms with E-state index in [0.29, 0.717) is 12.0 Å². The molecule has 18 heavy (non-hydrogen) atoms. The second kappa shape index (κ2) is 6.79. The maximum atomic E-state index is 5.50. The van der Waals surface area contributed by atoms with Crippen molar-refractivity contribution >= 4 is 0 Å². The van der Waals surface area contributed by atoms with E-state index in [4.69, 9.17) is 4.74 Å². The summed E-state index contributed by atoms with van der Waals surface area (Å²) in [5, 5.41) is 3.69. The molecule has 1 aromatic rings. The molecule has 0 heterocycles. The fourth-order valence-electron chi connectivity index (χ4n) is 2.91. The van der Waals surface area contributed by atoms with Crippen molar-refractivity contribution in [1.29, 1.82) is 0 Å². The molecule has 2 atom stereocenters. The smallest absolute Gasteiger partial charge is 0.119 e. The SMILES string of the molecule is CCCNC1CCCC1c1ccc(OCC)cc1. The third-order valence-electron chi connectivity index (χ3n) is 3.79. The lowest BCUT2D eigenvalue weighted by Gasteiger charge is -2.21. The van der Waals surface area contributed by atoms with Gasteiger partial charge in [-0.2, -0.15) is 0 Å². The molecule has 1 aliphatic rings. The highest BCUT2D eigenvalue weighted by atomic mass is 16.5. The largest absolute Gasteiger partial charge is 0.494 e. The van der Waals surface area contributed by atoms with Crippen LogP contribution in [0.3, 0.4) is 0 Å². The van der Waals surface area contributed by atoms with Crippen LogP contribution in [0.1, 0.15) is 51.0 Å². The van der Waals surface area contributed by atoms with Gasteiger partial charge >= 0.3 is 0 Å². The summed E-state index contributed by atoms with van der Waals surface area (Å²) in [6.45, 7) is 6.13. The van der Waals surface area contributed by atoms with Gasteiger partial charge < -0.3 is 10.1 Å². The van der Waals surface area contributed by atoms with Crippen LogP contribution in [0.2, 0.25) is 0 Å². The van der Waals surface area contributed by atoms with Crippen molar-refractivity contribution in [2.24, 2.45) is 0 Å². The molecular formula is C16H25NO. The van der Waals surface area contributed by atoms with Gasteiger partial charge in [0.05, 0.1) is 6.61 Å². The van der Waals surface area contributed by atoms with Crippen molar-refractivity contribution in [3.8, 4) is 5.75 Å². The van der Waals surface area contributed by atoms with E-state index in [1.54, 1.807) is 0 Å². The van der Waals surface area contributed by atoms with Crippen LogP contribution in [0, 0.1) is 0 Å². The average molecular weight is 247 g/mol. The summed E-state index contributed by atoms with van der Waals surface area (Å²) < 4.78 is 5.50. The Morgan fingerprint density at radius 2 is 1.94 bits per heavy atom. The first kappa shape index (κ1) is 13.4. The minimum atomic E-state index is 0.669. The number of rotatable bonds is 6. The summed E-state index contributed by atoms with van der Waals surface area (Å²) >= 11 is 0. The Bertz CT molecular complexity index is 347. The van der Waals surface area contributed by atoms with Crippen molar-refractivity contribution < 1.29 is 4.74 Å². The summed E-state index contributed by atoms with van der Waals surface area (Å²) in [6.07, 6.45) is 5.19. The number of benzene rings is 1. The predicted molar refractivity (Wildman–Crippen MR) is 76.3 cm³/mol. The monoisotopic (exact) mass is 247 g/mol. The zero-order chi connectivity index (χ0) is 12.8. The molecule has 1 aliphatic carbocycles. The minimum absolute atomic E-state index is 0.669. The quantitative estimate of drug-likeness (QED) is 0.827. The molecule has 1 N–H and O–H groups in total. The predicted octanol–water partition coefficient (Wildman–Crippen LogP) is 3.72. The normalized spacial score (nSPS) is 23.2. The molecule has 0 aliphatic heterocycles. The molecule has 2 unspecified atom stereocenters. The van der Waals surface area contributed by atoms with E-state index in [2.05, 4.69) is 36.5 Å². The molecule has 0 saturated heterocycles. The van der Waals surface area contributed by atoms with Crippen LogP contribution in [0.15, 0.2) is 24.3 Å². The topological polar surface area (TPSA) is 21.3 Å². The van der Waals surface area contributed by atoms with Crippen molar-refractivity contribution in [1.82, 2.24) is 5.32 Å². The molecule has 0 radical (unpaired) electrons. The van der Waals surface area contributed by atoms with Gasteiger partial charge in [-0.25, -0.2) is 0 Å². The van der Waals surface area contributed by atoms with Gasteiger partial charge in [-0.1, -0.05) is 25.5 Å². The first-order valence-corrected chi connectivity index (χ1v) is 7.31. The van der Waals surface area contributed by atoms with E-state index in [-0.39, 0.29) is 0 Å². The van der Waals surface area contributed by atoms with E-state index in [1.165, 1.54) is 31.2 Å². The molecule has 2 heteroatoms. The molecule has 0 bridgehead atoms. The first-order valence-electron chi connectivity index (χ1n) is 7.31. The molecule has 1 saturated carbocycles. The van der Waals surface area contributed by atoms with E-state index in [0.717, 1.165) is 18.9 Å². The highest BCUT2D eigenvalue weighted by Crippen LogP contribution is 2.35. The lowest BCUT2D eigenvalue weighted by atomic mass is 9.94. The Kier molecular flexibility index (Phi) is 5.06. The molecular weight excluding hydrogens is 222 g/mol. The summed E-state index contributed by atoms with van der Waals surface area (Å²) in [7, 11) is 0. The second-order valence-electron chi connectivity index (χ2n) is 5.10. The molecule has 2 rings (SSSR count). The van der Waals surface area contributed by atoms with Crippen LogP contribution in [0.25, 0.3) is 0 Å². The maximum absolute atomic E-state index is 5.50. The van der Waals surface area contributed by atoms with E-state index < -0.39 is 0 Å². The Morgan fingerprint density at radius 3 is 2.61 bits per heavy atom. The van der Waals surface area contributed by atoms with Crippen molar-refractivity contribution in [3.05, 3.63) is 29.8 Å². The van der Waals surface area contributed by atoms with Crippen LogP contribution in [-0.2, 0) is 0 Å². The molecule has 100 valence electrons. The summed E-state index contributed by atoms with van der Waals surface area (Å²) in [5.74, 6) is 1.67. The third kappa shape index (κ3) is 3.26. The number of nitrogens with one attached hydrogen (secondary N) is 1. The summed E-state index contributed by atoms with van der Waals surface area (Å²) in [4.78, 5) is 0.